The molecule has 5 rings (SSSR count). The van der Waals surface area contributed by atoms with E-state index in [1.54, 1.807) is 42.5 Å². The van der Waals surface area contributed by atoms with Gasteiger partial charge in [-0.05, 0) is 67.5 Å². The molecule has 2 bridgehead atoms. The Morgan fingerprint density at radius 1 is 1.00 bits per heavy atom. The summed E-state index contributed by atoms with van der Waals surface area (Å²) in [6.45, 7) is -0.456. The van der Waals surface area contributed by atoms with Crippen LogP contribution < -0.4 is 4.74 Å². The Balaban J connectivity index is 1.49. The van der Waals surface area contributed by atoms with Crippen molar-refractivity contribution >= 4 is 35.1 Å². The summed E-state index contributed by atoms with van der Waals surface area (Å²) in [5.74, 6) is -1.74. The molecular weight excluding hydrogens is 444 g/mol. The first-order valence-corrected chi connectivity index (χ1v) is 11.4. The first-order chi connectivity index (χ1) is 15.9. The Bertz CT molecular complexity index is 1120. The van der Waals surface area contributed by atoms with Crippen molar-refractivity contribution in [1.29, 1.82) is 0 Å². The van der Waals surface area contributed by atoms with Gasteiger partial charge in [0.25, 0.3) is 17.7 Å². The van der Waals surface area contributed by atoms with Gasteiger partial charge in [0.1, 0.15) is 12.3 Å². The monoisotopic (exact) mass is 466 g/mol. The third-order valence-electron chi connectivity index (χ3n) is 7.19. The molecule has 3 amide bonds. The minimum absolute atomic E-state index is 0.127. The molecule has 2 aromatic rings. The summed E-state index contributed by atoms with van der Waals surface area (Å²) in [5.41, 5.74) is 0.467. The number of hydrazine groups is 1. The molecule has 3 fully saturated rings. The third kappa shape index (κ3) is 3.51. The highest BCUT2D eigenvalue weighted by molar-refractivity contribution is 6.34. The number of imide groups is 1. The van der Waals surface area contributed by atoms with Crippen LogP contribution in [-0.2, 0) is 9.59 Å². The van der Waals surface area contributed by atoms with E-state index in [1.165, 1.54) is 13.2 Å². The molecule has 1 saturated heterocycles. The van der Waals surface area contributed by atoms with Gasteiger partial charge in [-0.25, -0.2) is 5.01 Å². The molecule has 2 aliphatic carbocycles. The molecular formula is C25H23ClN2O5. The molecule has 7 nitrogen and oxygen atoms in total. The number of ether oxygens (including phenoxy) is 1. The second-order valence-electron chi connectivity index (χ2n) is 8.87. The molecule has 4 atom stereocenters. The van der Waals surface area contributed by atoms with Gasteiger partial charge in [0, 0.05) is 5.56 Å². The van der Waals surface area contributed by atoms with E-state index in [-0.39, 0.29) is 34.2 Å². The highest BCUT2D eigenvalue weighted by Gasteiger charge is 2.62. The SMILES string of the molecule is COc1ccc(C(=O)CN(C(=O)c2ccccc2Cl)N2C(=O)[C@H]3[C@H]4CC[C@@H](C4)[C@@H]3C2=O)cc1. The lowest BCUT2D eigenvalue weighted by atomic mass is 9.81. The van der Waals surface area contributed by atoms with E-state index in [1.807, 2.05) is 0 Å². The number of Topliss-reactive ketones (excluding diaryl/α,β-unsaturated/α-hetero) is 1. The molecule has 2 saturated carbocycles. The van der Waals surface area contributed by atoms with Gasteiger partial charge >= 0.3 is 0 Å². The van der Waals surface area contributed by atoms with Gasteiger partial charge < -0.3 is 4.74 Å². The van der Waals surface area contributed by atoms with Gasteiger partial charge in [0.15, 0.2) is 5.78 Å². The third-order valence-corrected chi connectivity index (χ3v) is 7.52. The first kappa shape index (κ1) is 21.6. The van der Waals surface area contributed by atoms with Crippen molar-refractivity contribution in [3.8, 4) is 5.75 Å². The Hall–Kier alpha value is -3.19. The predicted octanol–water partition coefficient (Wildman–Crippen LogP) is 3.62. The van der Waals surface area contributed by atoms with Crippen molar-refractivity contribution in [3.05, 3.63) is 64.7 Å². The maximum atomic E-state index is 13.5. The molecule has 0 N–H and O–H groups in total. The summed E-state index contributed by atoms with van der Waals surface area (Å²) in [7, 11) is 1.52. The van der Waals surface area contributed by atoms with E-state index in [4.69, 9.17) is 16.3 Å². The molecule has 170 valence electrons. The van der Waals surface area contributed by atoms with Crippen LogP contribution in [-0.4, -0.2) is 47.2 Å². The summed E-state index contributed by atoms with van der Waals surface area (Å²) in [6.07, 6.45) is 2.72. The lowest BCUT2D eigenvalue weighted by Gasteiger charge is -2.31. The lowest BCUT2D eigenvalue weighted by Crippen LogP contribution is -2.52. The molecule has 1 heterocycles. The van der Waals surface area contributed by atoms with Crippen molar-refractivity contribution in [2.24, 2.45) is 23.7 Å². The van der Waals surface area contributed by atoms with Crippen molar-refractivity contribution in [2.75, 3.05) is 13.7 Å². The number of ketones is 1. The minimum Gasteiger partial charge on any atom is -0.497 e. The molecule has 0 spiro atoms. The quantitative estimate of drug-likeness (QED) is 0.479. The highest BCUT2D eigenvalue weighted by atomic mass is 35.5. The van der Waals surface area contributed by atoms with Crippen LogP contribution in [0.1, 0.15) is 40.0 Å². The second-order valence-corrected chi connectivity index (χ2v) is 9.27. The number of amides is 3. The average Bonchev–Trinajstić information content (AvgIpc) is 3.51. The molecule has 0 unspecified atom stereocenters. The van der Waals surface area contributed by atoms with Crippen LogP contribution in [0.5, 0.6) is 5.75 Å². The van der Waals surface area contributed by atoms with Gasteiger partial charge in [0.05, 0.1) is 29.5 Å². The zero-order chi connectivity index (χ0) is 23.3. The second kappa shape index (κ2) is 8.30. The number of benzene rings is 2. The Labute approximate surface area is 196 Å². The first-order valence-electron chi connectivity index (χ1n) is 11.0. The number of nitrogens with zero attached hydrogens (tertiary/aromatic N) is 2. The van der Waals surface area contributed by atoms with Crippen LogP contribution in [0.2, 0.25) is 5.02 Å². The molecule has 0 aromatic heterocycles. The summed E-state index contributed by atoms with van der Waals surface area (Å²) in [5, 5.41) is 2.09. The van der Waals surface area contributed by atoms with Gasteiger partial charge in [-0.15, -0.1) is 0 Å². The minimum atomic E-state index is -0.656. The van der Waals surface area contributed by atoms with Crippen molar-refractivity contribution in [2.45, 2.75) is 19.3 Å². The van der Waals surface area contributed by atoms with Gasteiger partial charge in [0.2, 0.25) is 0 Å². The van der Waals surface area contributed by atoms with E-state index < -0.39 is 30.1 Å². The van der Waals surface area contributed by atoms with Gasteiger partial charge in [-0.1, -0.05) is 23.7 Å². The highest BCUT2D eigenvalue weighted by Crippen LogP contribution is 2.56. The van der Waals surface area contributed by atoms with E-state index in [2.05, 4.69) is 0 Å². The summed E-state index contributed by atoms with van der Waals surface area (Å²) in [4.78, 5) is 53.5. The Morgan fingerprint density at radius 2 is 1.61 bits per heavy atom. The number of halogens is 1. The van der Waals surface area contributed by atoms with Crippen molar-refractivity contribution in [3.63, 3.8) is 0 Å². The zero-order valence-electron chi connectivity index (χ0n) is 18.1. The molecule has 33 heavy (non-hydrogen) atoms. The molecule has 3 aliphatic rings. The average molecular weight is 467 g/mol. The van der Waals surface area contributed by atoms with Crippen LogP contribution in [0.15, 0.2) is 48.5 Å². The maximum absolute atomic E-state index is 13.5. The Morgan fingerprint density at radius 3 is 2.18 bits per heavy atom. The summed E-state index contributed by atoms with van der Waals surface area (Å²) in [6, 6.07) is 12.9. The number of hydrogen-bond acceptors (Lipinski definition) is 5. The number of methoxy groups -OCH3 is 1. The fourth-order valence-corrected chi connectivity index (χ4v) is 5.86. The number of carbonyl (C=O) groups is 4. The lowest BCUT2D eigenvalue weighted by molar-refractivity contribution is -0.154. The number of fused-ring (bicyclic) bond motifs is 5. The van der Waals surface area contributed by atoms with Crippen LogP contribution in [0, 0.1) is 23.7 Å². The number of carbonyl (C=O) groups excluding carboxylic acids is 4. The smallest absolute Gasteiger partial charge is 0.274 e. The molecule has 2 aromatic carbocycles. The topological polar surface area (TPSA) is 84.0 Å². The summed E-state index contributed by atoms with van der Waals surface area (Å²) >= 11 is 6.25. The van der Waals surface area contributed by atoms with E-state index in [0.717, 1.165) is 29.3 Å². The van der Waals surface area contributed by atoms with Crippen molar-refractivity contribution < 1.29 is 23.9 Å². The van der Waals surface area contributed by atoms with Crippen LogP contribution >= 0.6 is 11.6 Å². The van der Waals surface area contributed by atoms with Gasteiger partial charge in [-0.2, -0.15) is 5.01 Å². The Kier molecular flexibility index (Phi) is 5.44. The van der Waals surface area contributed by atoms with Gasteiger partial charge in [-0.3, -0.25) is 19.2 Å². The standard InChI is InChI=1S/C25H23ClN2O5/c1-33-17-10-8-14(9-11-17)20(29)13-27(23(30)18-4-2-3-5-19(18)26)28-24(31)21-15-6-7-16(12-15)22(21)25(28)32/h2-5,8-11,15-16,21-22H,6-7,12-13H2,1H3/t15-,16-,21-,22-/m0/s1. The molecule has 1 aliphatic heterocycles. The number of rotatable bonds is 6. The van der Waals surface area contributed by atoms with E-state index >= 15 is 0 Å². The fraction of sp³-hybridized carbons (Fsp3) is 0.360. The van der Waals surface area contributed by atoms with Crippen LogP contribution in [0.4, 0.5) is 0 Å². The van der Waals surface area contributed by atoms with Crippen molar-refractivity contribution in [1.82, 2.24) is 10.0 Å². The van der Waals surface area contributed by atoms with E-state index in [0.29, 0.717) is 11.3 Å². The molecule has 8 heteroatoms. The van der Waals surface area contributed by atoms with E-state index in [9.17, 15) is 19.2 Å². The van der Waals surface area contributed by atoms with Crippen LogP contribution in [0.25, 0.3) is 0 Å². The fourth-order valence-electron chi connectivity index (χ4n) is 5.64. The normalized spacial score (nSPS) is 25.3. The van der Waals surface area contributed by atoms with Crippen LogP contribution in [0.3, 0.4) is 0 Å². The molecule has 0 radical (unpaired) electrons. The largest absolute Gasteiger partial charge is 0.497 e. The maximum Gasteiger partial charge on any atom is 0.274 e. The zero-order valence-corrected chi connectivity index (χ0v) is 18.8. The number of hydrogen-bond donors (Lipinski definition) is 0. The summed E-state index contributed by atoms with van der Waals surface area (Å²) < 4.78 is 5.13. The predicted molar refractivity (Wildman–Crippen MR) is 119 cm³/mol.